The van der Waals surface area contributed by atoms with Gasteiger partial charge >= 0.3 is 36.0 Å². The molecule has 0 bridgehead atoms. The molecule has 0 fully saturated rings. The first-order valence-electron chi connectivity index (χ1n) is 8.23. The van der Waals surface area contributed by atoms with E-state index in [0.717, 1.165) is 7.11 Å². The minimum atomic E-state index is -7.53. The second kappa shape index (κ2) is 8.98. The largest absolute Gasteiger partial charge is 0.460 e. The lowest BCUT2D eigenvalue weighted by Crippen LogP contribution is -2.66. The van der Waals surface area contributed by atoms with Crippen LogP contribution >= 0.6 is 0 Å². The molecule has 0 aliphatic heterocycles. The molecule has 0 aromatic rings. The highest BCUT2D eigenvalue weighted by Crippen LogP contribution is 2.58. The molecule has 0 aromatic heterocycles. The summed E-state index contributed by atoms with van der Waals surface area (Å²) in [6, 6.07) is -2.52. The lowest BCUT2D eigenvalue weighted by molar-refractivity contribution is -0.422. The van der Waals surface area contributed by atoms with Crippen LogP contribution in [-0.2, 0) is 4.43 Å². The molecule has 16 heteroatoms. The summed E-state index contributed by atoms with van der Waals surface area (Å²) in [6.45, 7) is 1.37. The van der Waals surface area contributed by atoms with Gasteiger partial charge in [-0.3, -0.25) is 0 Å². The van der Waals surface area contributed by atoms with E-state index in [0.29, 0.717) is 0 Å². The van der Waals surface area contributed by atoms with Gasteiger partial charge in [-0.05, 0) is 18.1 Å². The van der Waals surface area contributed by atoms with Crippen LogP contribution in [0.3, 0.4) is 0 Å². The van der Waals surface area contributed by atoms with Crippen molar-refractivity contribution in [2.75, 3.05) is 7.11 Å². The molecule has 0 saturated carbocycles. The molecule has 0 N–H and O–H groups in total. The number of hydrogen-bond acceptors (Lipinski definition) is 1. The Labute approximate surface area is 162 Å². The smallest absolute Gasteiger partial charge is 0.420 e. The lowest BCUT2D eigenvalue weighted by Gasteiger charge is -2.38. The Bertz CT molecular complexity index is 556. The summed E-state index contributed by atoms with van der Waals surface area (Å²) in [5.74, 6) is -28.3. The molecule has 1 unspecified atom stereocenters. The summed E-state index contributed by atoms with van der Waals surface area (Å²) in [4.78, 5) is 0. The van der Waals surface area contributed by atoms with Gasteiger partial charge in [-0.25, -0.2) is 0 Å². The van der Waals surface area contributed by atoms with E-state index in [9.17, 15) is 61.5 Å². The van der Waals surface area contributed by atoms with Gasteiger partial charge in [-0.15, -0.1) is 0 Å². The standard InChI is InChI=1S/C14H18F14OSi/c1-3-6-30(29-2,8-5-10(17,18)19)7-4-9(15,16)11(20,21)12(22,23)13(24,25)14(26,27)28/h3-8H2,1-2H3. The van der Waals surface area contributed by atoms with Gasteiger partial charge in [0, 0.05) is 20.0 Å². The Morgan fingerprint density at radius 1 is 0.600 bits per heavy atom. The third-order valence-corrected chi connectivity index (χ3v) is 9.10. The van der Waals surface area contributed by atoms with Crippen molar-refractivity contribution in [3.8, 4) is 0 Å². The molecular weight excluding hydrogens is 478 g/mol. The molecule has 0 rings (SSSR count). The van der Waals surface area contributed by atoms with Crippen molar-refractivity contribution >= 4 is 8.32 Å². The van der Waals surface area contributed by atoms with Gasteiger partial charge in [-0.1, -0.05) is 13.3 Å². The molecule has 1 nitrogen and oxygen atoms in total. The summed E-state index contributed by atoms with van der Waals surface area (Å²) < 4.78 is 185. The van der Waals surface area contributed by atoms with E-state index in [2.05, 4.69) is 0 Å². The van der Waals surface area contributed by atoms with Crippen LogP contribution in [0.5, 0.6) is 0 Å². The number of alkyl halides is 14. The van der Waals surface area contributed by atoms with Crippen LogP contribution in [-0.4, -0.2) is 51.5 Å². The van der Waals surface area contributed by atoms with E-state index >= 15 is 0 Å². The van der Waals surface area contributed by atoms with E-state index in [1.54, 1.807) is 0 Å². The summed E-state index contributed by atoms with van der Waals surface area (Å²) in [6.07, 6.45) is -16.0. The molecule has 0 radical (unpaired) electrons. The molecule has 0 spiro atoms. The average molecular weight is 496 g/mol. The van der Waals surface area contributed by atoms with E-state index in [4.69, 9.17) is 4.43 Å². The quantitative estimate of drug-likeness (QED) is 0.214. The zero-order valence-electron chi connectivity index (χ0n) is 15.4. The van der Waals surface area contributed by atoms with Crippen LogP contribution in [0.4, 0.5) is 61.5 Å². The first-order chi connectivity index (χ1) is 13.0. The normalized spacial score (nSPS) is 17.2. The van der Waals surface area contributed by atoms with Crippen molar-refractivity contribution in [1.82, 2.24) is 0 Å². The summed E-state index contributed by atoms with van der Waals surface area (Å²) in [5.41, 5.74) is 0. The van der Waals surface area contributed by atoms with Crippen molar-refractivity contribution in [2.45, 2.75) is 80.4 Å². The van der Waals surface area contributed by atoms with Crippen LogP contribution in [0.1, 0.15) is 26.2 Å². The summed E-state index contributed by atoms with van der Waals surface area (Å²) in [5, 5.41) is 0. The maximum Gasteiger partial charge on any atom is 0.460 e. The van der Waals surface area contributed by atoms with Gasteiger partial charge in [0.05, 0.1) is 0 Å². The molecule has 0 aromatic carbocycles. The van der Waals surface area contributed by atoms with Gasteiger partial charge in [0.1, 0.15) is 0 Å². The highest BCUT2D eigenvalue weighted by molar-refractivity contribution is 6.73. The zero-order chi connectivity index (χ0) is 24.4. The number of hydrogen-bond donors (Lipinski definition) is 0. The molecule has 1 atom stereocenters. The fraction of sp³-hybridized carbons (Fsp3) is 1.00. The molecule has 0 aliphatic rings. The fourth-order valence-corrected chi connectivity index (χ4v) is 6.44. The third-order valence-electron chi connectivity index (χ3n) is 4.50. The molecule has 0 amide bonds. The maximum atomic E-state index is 13.8. The fourth-order valence-electron chi connectivity index (χ4n) is 2.65. The van der Waals surface area contributed by atoms with Crippen LogP contribution in [0.25, 0.3) is 0 Å². The summed E-state index contributed by atoms with van der Waals surface area (Å²) >= 11 is 0. The molecule has 182 valence electrons. The highest BCUT2D eigenvalue weighted by atomic mass is 28.4. The SMILES string of the molecule is CCC[Si](CCC(F)(F)F)(CCC(F)(F)C(F)(F)C(F)(F)C(F)(F)C(F)(F)F)OC. The predicted octanol–water partition coefficient (Wildman–Crippen LogP) is 7.43. The average Bonchev–Trinajstić information content (AvgIpc) is 2.55. The molecule has 0 aliphatic carbocycles. The zero-order valence-corrected chi connectivity index (χ0v) is 16.4. The minimum Gasteiger partial charge on any atom is -0.420 e. The minimum absolute atomic E-state index is 0.0299. The first kappa shape index (κ1) is 29.2. The van der Waals surface area contributed by atoms with Gasteiger partial charge in [0.25, 0.3) is 0 Å². The van der Waals surface area contributed by atoms with Crippen molar-refractivity contribution in [3.05, 3.63) is 0 Å². The Morgan fingerprint density at radius 3 is 1.37 bits per heavy atom. The van der Waals surface area contributed by atoms with Gasteiger partial charge in [0.2, 0.25) is 0 Å². The Morgan fingerprint density at radius 2 is 1.03 bits per heavy atom. The highest BCUT2D eigenvalue weighted by Gasteiger charge is 2.86. The van der Waals surface area contributed by atoms with Crippen molar-refractivity contribution in [3.63, 3.8) is 0 Å². The lowest BCUT2D eigenvalue weighted by atomic mass is 9.96. The second-order valence-electron chi connectivity index (χ2n) is 6.68. The van der Waals surface area contributed by atoms with Crippen LogP contribution in [0.15, 0.2) is 0 Å². The number of rotatable bonds is 11. The first-order valence-corrected chi connectivity index (χ1v) is 10.8. The van der Waals surface area contributed by atoms with E-state index < -0.39 is 69.3 Å². The van der Waals surface area contributed by atoms with Gasteiger partial charge < -0.3 is 4.43 Å². The van der Waals surface area contributed by atoms with Crippen molar-refractivity contribution < 1.29 is 65.9 Å². The second-order valence-corrected chi connectivity index (χ2v) is 11.0. The van der Waals surface area contributed by atoms with Crippen LogP contribution < -0.4 is 0 Å². The van der Waals surface area contributed by atoms with Crippen molar-refractivity contribution in [2.24, 2.45) is 0 Å². The Kier molecular flexibility index (Phi) is 8.74. The number of halogens is 14. The third kappa shape index (κ3) is 5.91. The van der Waals surface area contributed by atoms with E-state index in [1.165, 1.54) is 6.92 Å². The monoisotopic (exact) mass is 496 g/mol. The van der Waals surface area contributed by atoms with Crippen molar-refractivity contribution in [1.29, 1.82) is 0 Å². The van der Waals surface area contributed by atoms with Gasteiger partial charge in [-0.2, -0.15) is 61.5 Å². The summed E-state index contributed by atoms with van der Waals surface area (Å²) in [7, 11) is -3.10. The molecule has 0 heterocycles. The Balaban J connectivity index is 5.84. The molecule has 0 saturated heterocycles. The Hall–Kier alpha value is -0.803. The predicted molar refractivity (Wildman–Crippen MR) is 78.6 cm³/mol. The van der Waals surface area contributed by atoms with Gasteiger partial charge in [0.15, 0.2) is 8.32 Å². The molecular formula is C14H18F14OSi. The molecule has 30 heavy (non-hydrogen) atoms. The topological polar surface area (TPSA) is 9.23 Å². The van der Waals surface area contributed by atoms with Crippen LogP contribution in [0.2, 0.25) is 18.1 Å². The maximum absolute atomic E-state index is 13.8. The van der Waals surface area contributed by atoms with E-state index in [-0.39, 0.29) is 12.5 Å². The van der Waals surface area contributed by atoms with E-state index in [1.807, 2.05) is 0 Å². The van der Waals surface area contributed by atoms with Crippen LogP contribution in [0, 0.1) is 0 Å².